The molecule has 0 radical (unpaired) electrons. The molecule has 2 aromatic rings. The van der Waals surface area contributed by atoms with Gasteiger partial charge in [0, 0.05) is 40.9 Å². The minimum Gasteiger partial charge on any atom is -0.370 e. The molecule has 10 heteroatoms. The zero-order valence-corrected chi connectivity index (χ0v) is 20.8. The van der Waals surface area contributed by atoms with Crippen LogP contribution < -0.4 is 10.6 Å². The number of urea groups is 1. The number of nitrogens with one attached hydrogen (secondary N) is 2. The molecule has 0 spiro atoms. The molecule has 2 saturated heterocycles. The summed E-state index contributed by atoms with van der Waals surface area (Å²) in [5.41, 5.74) is 1.24. The molecule has 0 aromatic heterocycles. The molecule has 4 amide bonds. The van der Waals surface area contributed by atoms with Gasteiger partial charge in [0.25, 0.3) is 0 Å². The lowest BCUT2D eigenvalue weighted by molar-refractivity contribution is -0.147. The molecule has 1 unspecified atom stereocenters. The number of carbonyl (C=O) groups excluding carboxylic acids is 3. The van der Waals surface area contributed by atoms with Gasteiger partial charge in [0.05, 0.1) is 6.61 Å². The van der Waals surface area contributed by atoms with Crippen LogP contribution in [0.15, 0.2) is 53.0 Å². The fraction of sp³-hybridized carbons (Fsp3) is 0.375. The number of rotatable bonds is 5. The number of piperidine rings is 1. The average molecular weight is 550 g/mol. The van der Waals surface area contributed by atoms with Crippen molar-refractivity contribution in [3.63, 3.8) is 0 Å². The standard InChI is InChI=1S/C24H26BrClN4O4/c25-20-4-2-1-3-19(20)22(28-24(33)27-17-7-5-16(26)6-8-17)23(32)29-11-9-18(10-12-29)30-13-14-34-15-21(30)31/h1-8,18,22H,9-15H2,(H2,27,28,33). The Morgan fingerprint density at radius 2 is 1.76 bits per heavy atom. The highest BCUT2D eigenvalue weighted by atomic mass is 79.9. The van der Waals surface area contributed by atoms with Gasteiger partial charge in [-0.2, -0.15) is 0 Å². The van der Waals surface area contributed by atoms with Crippen molar-refractivity contribution in [3.8, 4) is 0 Å². The summed E-state index contributed by atoms with van der Waals surface area (Å²) in [6, 6.07) is 12.8. The van der Waals surface area contributed by atoms with Crippen molar-refractivity contribution in [2.75, 3.05) is 38.2 Å². The lowest BCUT2D eigenvalue weighted by Gasteiger charge is -2.40. The first-order valence-corrected chi connectivity index (χ1v) is 12.3. The molecular weight excluding hydrogens is 524 g/mol. The number of nitrogens with zero attached hydrogens (tertiary/aromatic N) is 2. The molecule has 180 valence electrons. The highest BCUT2D eigenvalue weighted by Gasteiger charge is 2.34. The summed E-state index contributed by atoms with van der Waals surface area (Å²) in [4.78, 5) is 42.2. The number of likely N-dealkylation sites (tertiary alicyclic amines) is 1. The van der Waals surface area contributed by atoms with Gasteiger partial charge >= 0.3 is 6.03 Å². The van der Waals surface area contributed by atoms with E-state index in [2.05, 4.69) is 26.6 Å². The molecule has 8 nitrogen and oxygen atoms in total. The molecule has 2 aromatic carbocycles. The second-order valence-electron chi connectivity index (χ2n) is 8.26. The van der Waals surface area contributed by atoms with E-state index in [1.165, 1.54) is 0 Å². The molecule has 34 heavy (non-hydrogen) atoms. The first-order chi connectivity index (χ1) is 16.4. The predicted octanol–water partition coefficient (Wildman–Crippen LogP) is 3.82. The number of hydrogen-bond acceptors (Lipinski definition) is 4. The van der Waals surface area contributed by atoms with Gasteiger partial charge < -0.3 is 25.2 Å². The summed E-state index contributed by atoms with van der Waals surface area (Å²) >= 11 is 9.42. The maximum Gasteiger partial charge on any atom is 0.320 e. The van der Waals surface area contributed by atoms with Crippen LogP contribution in [0.2, 0.25) is 5.02 Å². The van der Waals surface area contributed by atoms with Crippen LogP contribution in [-0.4, -0.2) is 66.5 Å². The SMILES string of the molecule is O=C(Nc1ccc(Cl)cc1)NC(C(=O)N1CCC(N2CCOCC2=O)CC1)c1ccccc1Br. The normalized spacial score (nSPS) is 17.9. The van der Waals surface area contributed by atoms with Gasteiger partial charge in [0.2, 0.25) is 11.8 Å². The maximum atomic E-state index is 13.6. The third kappa shape index (κ3) is 5.89. The van der Waals surface area contributed by atoms with E-state index in [4.69, 9.17) is 16.3 Å². The number of halogens is 2. The largest absolute Gasteiger partial charge is 0.370 e. The van der Waals surface area contributed by atoms with Crippen molar-refractivity contribution in [1.29, 1.82) is 0 Å². The minimum absolute atomic E-state index is 0.00246. The van der Waals surface area contributed by atoms with E-state index in [-0.39, 0.29) is 24.5 Å². The van der Waals surface area contributed by atoms with Gasteiger partial charge in [-0.05, 0) is 48.7 Å². The number of carbonyl (C=O) groups is 3. The maximum absolute atomic E-state index is 13.6. The molecule has 0 aliphatic carbocycles. The van der Waals surface area contributed by atoms with Crippen LogP contribution in [0.1, 0.15) is 24.4 Å². The van der Waals surface area contributed by atoms with Gasteiger partial charge in [0.1, 0.15) is 12.6 Å². The molecule has 2 aliphatic rings. The Labute approximate surface area is 211 Å². The smallest absolute Gasteiger partial charge is 0.320 e. The lowest BCUT2D eigenvalue weighted by atomic mass is 10.00. The van der Waals surface area contributed by atoms with Gasteiger partial charge in [-0.3, -0.25) is 9.59 Å². The third-order valence-electron chi connectivity index (χ3n) is 6.08. The van der Waals surface area contributed by atoms with Crippen molar-refractivity contribution in [2.24, 2.45) is 0 Å². The summed E-state index contributed by atoms with van der Waals surface area (Å²) < 4.78 is 5.96. The third-order valence-corrected chi connectivity index (χ3v) is 7.05. The van der Waals surface area contributed by atoms with Crippen LogP contribution in [0.3, 0.4) is 0 Å². The highest BCUT2D eigenvalue weighted by Crippen LogP contribution is 2.27. The number of amides is 4. The topological polar surface area (TPSA) is 91.0 Å². The molecule has 2 aliphatic heterocycles. The van der Waals surface area contributed by atoms with E-state index in [1.54, 1.807) is 29.2 Å². The van der Waals surface area contributed by atoms with Crippen molar-refractivity contribution in [2.45, 2.75) is 24.9 Å². The van der Waals surface area contributed by atoms with Crippen LogP contribution in [0, 0.1) is 0 Å². The Morgan fingerprint density at radius 3 is 2.44 bits per heavy atom. The molecule has 2 N–H and O–H groups in total. The second kappa shape index (κ2) is 11.2. The van der Waals surface area contributed by atoms with E-state index < -0.39 is 12.1 Å². The fourth-order valence-corrected chi connectivity index (χ4v) is 4.95. The number of benzene rings is 2. The first-order valence-electron chi connectivity index (χ1n) is 11.2. The summed E-state index contributed by atoms with van der Waals surface area (Å²) in [6.45, 7) is 2.27. The van der Waals surface area contributed by atoms with E-state index >= 15 is 0 Å². The average Bonchev–Trinajstić information content (AvgIpc) is 2.85. The van der Waals surface area contributed by atoms with E-state index in [1.807, 2.05) is 29.2 Å². The Kier molecular flexibility index (Phi) is 8.07. The quantitative estimate of drug-likeness (QED) is 0.593. The van der Waals surface area contributed by atoms with Crippen LogP contribution in [0.5, 0.6) is 0 Å². The number of morpholine rings is 1. The monoisotopic (exact) mass is 548 g/mol. The van der Waals surface area contributed by atoms with Crippen LogP contribution in [-0.2, 0) is 14.3 Å². The summed E-state index contributed by atoms with van der Waals surface area (Å²) in [6.07, 6.45) is 1.38. The van der Waals surface area contributed by atoms with Crippen LogP contribution in [0.4, 0.5) is 10.5 Å². The minimum atomic E-state index is -0.871. The summed E-state index contributed by atoms with van der Waals surface area (Å²) in [5, 5.41) is 6.15. The molecule has 0 bridgehead atoms. The summed E-state index contributed by atoms with van der Waals surface area (Å²) in [5.74, 6) is -0.187. The highest BCUT2D eigenvalue weighted by molar-refractivity contribution is 9.10. The zero-order chi connectivity index (χ0) is 24.1. The Balaban J connectivity index is 1.45. The van der Waals surface area contributed by atoms with Crippen LogP contribution >= 0.6 is 27.5 Å². The zero-order valence-electron chi connectivity index (χ0n) is 18.5. The van der Waals surface area contributed by atoms with E-state index in [0.717, 1.165) is 4.47 Å². The van der Waals surface area contributed by atoms with Crippen molar-refractivity contribution in [1.82, 2.24) is 15.1 Å². The van der Waals surface area contributed by atoms with Gasteiger partial charge in [0.15, 0.2) is 0 Å². The van der Waals surface area contributed by atoms with Crippen molar-refractivity contribution >= 4 is 51.1 Å². The van der Waals surface area contributed by atoms with E-state index in [9.17, 15) is 14.4 Å². The Morgan fingerprint density at radius 1 is 1.06 bits per heavy atom. The molecule has 0 saturated carbocycles. The van der Waals surface area contributed by atoms with Gasteiger partial charge in [-0.25, -0.2) is 4.79 Å². The fourth-order valence-electron chi connectivity index (χ4n) is 4.31. The molecule has 2 fully saturated rings. The Hall–Kier alpha value is -2.62. The molecular formula is C24H26BrClN4O4. The molecule has 4 rings (SSSR count). The Bertz CT molecular complexity index is 1040. The number of ether oxygens (including phenoxy) is 1. The van der Waals surface area contributed by atoms with Crippen molar-refractivity contribution in [3.05, 3.63) is 63.6 Å². The first kappa shape index (κ1) is 24.5. The number of anilines is 1. The van der Waals surface area contributed by atoms with Gasteiger partial charge in [-0.1, -0.05) is 45.7 Å². The molecule has 2 heterocycles. The lowest BCUT2D eigenvalue weighted by Crippen LogP contribution is -2.54. The number of hydrogen-bond donors (Lipinski definition) is 2. The van der Waals surface area contributed by atoms with Crippen molar-refractivity contribution < 1.29 is 19.1 Å². The van der Waals surface area contributed by atoms with Crippen LogP contribution in [0.25, 0.3) is 0 Å². The second-order valence-corrected chi connectivity index (χ2v) is 9.55. The summed E-state index contributed by atoms with van der Waals surface area (Å²) in [7, 11) is 0. The predicted molar refractivity (Wildman–Crippen MR) is 133 cm³/mol. The van der Waals surface area contributed by atoms with E-state index in [0.29, 0.717) is 55.4 Å². The molecule has 1 atom stereocenters. The van der Waals surface area contributed by atoms with Gasteiger partial charge in [-0.15, -0.1) is 0 Å².